The molecule has 0 unspecified atom stereocenters. The zero-order valence-corrected chi connectivity index (χ0v) is 13.4. The van der Waals surface area contributed by atoms with Gasteiger partial charge in [0, 0.05) is 5.02 Å². The molecule has 3 heteroatoms. The zero-order valence-electron chi connectivity index (χ0n) is 12.6. The van der Waals surface area contributed by atoms with Gasteiger partial charge in [0.2, 0.25) is 5.91 Å². The monoisotopic (exact) mass is 301 g/mol. The quantitative estimate of drug-likeness (QED) is 0.899. The van der Waals surface area contributed by atoms with Crippen LogP contribution >= 0.6 is 11.6 Å². The minimum atomic E-state index is -0.425. The molecular formula is C18H20ClNO. The van der Waals surface area contributed by atoms with E-state index in [1.807, 2.05) is 69.3 Å². The van der Waals surface area contributed by atoms with E-state index in [-0.39, 0.29) is 5.91 Å². The van der Waals surface area contributed by atoms with Crippen LogP contribution < -0.4 is 5.32 Å². The summed E-state index contributed by atoms with van der Waals surface area (Å²) in [5.74, 6) is 0.0144. The number of hydrogen-bond donors (Lipinski definition) is 1. The highest BCUT2D eigenvalue weighted by Gasteiger charge is 2.22. The van der Waals surface area contributed by atoms with Crippen molar-refractivity contribution in [3.8, 4) is 0 Å². The van der Waals surface area contributed by atoms with E-state index in [1.54, 1.807) is 0 Å². The summed E-state index contributed by atoms with van der Waals surface area (Å²) >= 11 is 5.90. The van der Waals surface area contributed by atoms with Crippen LogP contribution in [0.15, 0.2) is 48.5 Å². The lowest BCUT2D eigenvalue weighted by Crippen LogP contribution is -2.41. The molecule has 2 nitrogen and oxygen atoms in total. The SMILES string of the molecule is Cc1cccc(CC(=O)NC(C)(C)c2ccc(Cl)cc2)c1. The second-order valence-corrected chi connectivity index (χ2v) is 6.28. The number of halogens is 1. The molecule has 0 aromatic heterocycles. The fourth-order valence-electron chi connectivity index (χ4n) is 2.34. The van der Waals surface area contributed by atoms with Crippen molar-refractivity contribution >= 4 is 17.5 Å². The average molecular weight is 302 g/mol. The second kappa shape index (κ2) is 6.31. The van der Waals surface area contributed by atoms with Crippen molar-refractivity contribution in [3.05, 3.63) is 70.2 Å². The first-order valence-corrected chi connectivity index (χ1v) is 7.37. The first-order valence-electron chi connectivity index (χ1n) is 6.99. The van der Waals surface area contributed by atoms with E-state index in [0.29, 0.717) is 11.4 Å². The Morgan fingerprint density at radius 1 is 1.14 bits per heavy atom. The van der Waals surface area contributed by atoms with Gasteiger partial charge in [0.1, 0.15) is 0 Å². The van der Waals surface area contributed by atoms with E-state index in [1.165, 1.54) is 0 Å². The number of hydrogen-bond acceptors (Lipinski definition) is 1. The Hall–Kier alpha value is -1.80. The van der Waals surface area contributed by atoms with Gasteiger partial charge in [0.05, 0.1) is 12.0 Å². The predicted molar refractivity (Wildman–Crippen MR) is 87.5 cm³/mol. The maximum Gasteiger partial charge on any atom is 0.225 e. The Morgan fingerprint density at radius 2 is 1.81 bits per heavy atom. The molecule has 0 saturated carbocycles. The van der Waals surface area contributed by atoms with Gasteiger partial charge in [-0.3, -0.25) is 4.79 Å². The van der Waals surface area contributed by atoms with Crippen molar-refractivity contribution in [2.45, 2.75) is 32.7 Å². The minimum Gasteiger partial charge on any atom is -0.347 e. The molecule has 2 aromatic carbocycles. The van der Waals surface area contributed by atoms with Crippen LogP contribution in [0.2, 0.25) is 5.02 Å². The van der Waals surface area contributed by atoms with Crippen LogP contribution in [0.3, 0.4) is 0 Å². The van der Waals surface area contributed by atoms with Crippen LogP contribution in [0, 0.1) is 6.92 Å². The Labute approximate surface area is 131 Å². The first kappa shape index (κ1) is 15.6. The smallest absolute Gasteiger partial charge is 0.225 e. The van der Waals surface area contributed by atoms with Crippen LogP contribution in [0.5, 0.6) is 0 Å². The summed E-state index contributed by atoms with van der Waals surface area (Å²) in [6.45, 7) is 6.01. The van der Waals surface area contributed by atoms with Crippen molar-refractivity contribution < 1.29 is 4.79 Å². The van der Waals surface area contributed by atoms with E-state index < -0.39 is 5.54 Å². The maximum atomic E-state index is 12.2. The second-order valence-electron chi connectivity index (χ2n) is 5.85. The lowest BCUT2D eigenvalue weighted by molar-refractivity contribution is -0.122. The van der Waals surface area contributed by atoms with Gasteiger partial charge in [-0.05, 0) is 44.0 Å². The molecular weight excluding hydrogens is 282 g/mol. The maximum absolute atomic E-state index is 12.2. The van der Waals surface area contributed by atoms with Crippen LogP contribution in [0.25, 0.3) is 0 Å². The number of rotatable bonds is 4. The Morgan fingerprint density at radius 3 is 2.43 bits per heavy atom. The molecule has 21 heavy (non-hydrogen) atoms. The van der Waals surface area contributed by atoms with Crippen molar-refractivity contribution in [2.24, 2.45) is 0 Å². The molecule has 0 saturated heterocycles. The van der Waals surface area contributed by atoms with Crippen molar-refractivity contribution in [2.75, 3.05) is 0 Å². The van der Waals surface area contributed by atoms with Crippen LogP contribution in [0.4, 0.5) is 0 Å². The Kier molecular flexibility index (Phi) is 4.69. The van der Waals surface area contributed by atoms with Gasteiger partial charge >= 0.3 is 0 Å². The molecule has 110 valence electrons. The molecule has 0 fully saturated rings. The van der Waals surface area contributed by atoms with Gasteiger partial charge in [0.25, 0.3) is 0 Å². The van der Waals surface area contributed by atoms with Crippen LogP contribution in [0.1, 0.15) is 30.5 Å². The van der Waals surface area contributed by atoms with Crippen LogP contribution in [-0.4, -0.2) is 5.91 Å². The molecule has 0 atom stereocenters. The topological polar surface area (TPSA) is 29.1 Å². The molecule has 0 aliphatic heterocycles. The lowest BCUT2D eigenvalue weighted by atomic mass is 9.94. The Bertz CT molecular complexity index is 632. The van der Waals surface area contributed by atoms with Crippen molar-refractivity contribution in [1.82, 2.24) is 5.32 Å². The number of aryl methyl sites for hydroxylation is 1. The summed E-state index contributed by atoms with van der Waals surface area (Å²) in [7, 11) is 0. The fourth-order valence-corrected chi connectivity index (χ4v) is 2.46. The summed E-state index contributed by atoms with van der Waals surface area (Å²) in [5, 5.41) is 3.77. The molecule has 0 heterocycles. The number of carbonyl (C=O) groups is 1. The highest BCUT2D eigenvalue weighted by Crippen LogP contribution is 2.22. The Balaban J connectivity index is 2.05. The van der Waals surface area contributed by atoms with E-state index >= 15 is 0 Å². The summed E-state index contributed by atoms with van der Waals surface area (Å²) in [5.41, 5.74) is 2.80. The third kappa shape index (κ3) is 4.33. The third-order valence-electron chi connectivity index (χ3n) is 3.46. The molecule has 0 spiro atoms. The van der Waals surface area contributed by atoms with Gasteiger partial charge in [-0.2, -0.15) is 0 Å². The van der Waals surface area contributed by atoms with Gasteiger partial charge in [0.15, 0.2) is 0 Å². The number of carbonyl (C=O) groups excluding carboxylic acids is 1. The minimum absolute atomic E-state index is 0.0144. The highest BCUT2D eigenvalue weighted by molar-refractivity contribution is 6.30. The van der Waals surface area contributed by atoms with E-state index in [4.69, 9.17) is 11.6 Å². The number of benzene rings is 2. The number of nitrogens with one attached hydrogen (secondary N) is 1. The van der Waals surface area contributed by atoms with Crippen molar-refractivity contribution in [3.63, 3.8) is 0 Å². The van der Waals surface area contributed by atoms with E-state index in [9.17, 15) is 4.79 Å². The average Bonchev–Trinajstić information content (AvgIpc) is 2.38. The summed E-state index contributed by atoms with van der Waals surface area (Å²) in [6, 6.07) is 15.6. The predicted octanol–water partition coefficient (Wildman–Crippen LogP) is 4.24. The molecule has 2 aromatic rings. The summed E-state index contributed by atoms with van der Waals surface area (Å²) in [4.78, 5) is 12.2. The first-order chi connectivity index (χ1) is 9.87. The van der Waals surface area contributed by atoms with E-state index in [2.05, 4.69) is 5.32 Å². The molecule has 0 aliphatic rings. The molecule has 0 aliphatic carbocycles. The fraction of sp³-hybridized carbons (Fsp3) is 0.278. The van der Waals surface area contributed by atoms with Gasteiger partial charge in [-0.25, -0.2) is 0 Å². The molecule has 2 rings (SSSR count). The summed E-state index contributed by atoms with van der Waals surface area (Å²) < 4.78 is 0. The zero-order chi connectivity index (χ0) is 15.5. The highest BCUT2D eigenvalue weighted by atomic mass is 35.5. The largest absolute Gasteiger partial charge is 0.347 e. The lowest BCUT2D eigenvalue weighted by Gasteiger charge is -2.27. The molecule has 0 radical (unpaired) electrons. The standard InChI is InChI=1S/C18H20ClNO/c1-13-5-4-6-14(11-13)12-17(21)20-18(2,3)15-7-9-16(19)10-8-15/h4-11H,12H2,1-3H3,(H,20,21). The third-order valence-corrected chi connectivity index (χ3v) is 3.72. The normalized spacial score (nSPS) is 11.2. The molecule has 1 amide bonds. The number of amides is 1. The van der Waals surface area contributed by atoms with Gasteiger partial charge < -0.3 is 5.32 Å². The van der Waals surface area contributed by atoms with Gasteiger partial charge in [-0.1, -0.05) is 53.6 Å². The van der Waals surface area contributed by atoms with E-state index in [0.717, 1.165) is 16.7 Å². The van der Waals surface area contributed by atoms with Gasteiger partial charge in [-0.15, -0.1) is 0 Å². The summed E-state index contributed by atoms with van der Waals surface area (Å²) in [6.07, 6.45) is 0.388. The van der Waals surface area contributed by atoms with Crippen LogP contribution in [-0.2, 0) is 16.8 Å². The van der Waals surface area contributed by atoms with Crippen molar-refractivity contribution in [1.29, 1.82) is 0 Å². The molecule has 1 N–H and O–H groups in total. The molecule has 0 bridgehead atoms.